The lowest BCUT2D eigenvalue weighted by molar-refractivity contribution is 0.589. The van der Waals surface area contributed by atoms with Crippen molar-refractivity contribution >= 4 is 11.5 Å². The monoisotopic (exact) mass is 204 g/mol. The number of nitrogens with two attached hydrogens (primary N) is 1. The summed E-state index contributed by atoms with van der Waals surface area (Å²) in [4.78, 5) is 4.36. The largest absolute Gasteiger partial charge is 0.387 e. The first kappa shape index (κ1) is 8.89. The maximum Gasteiger partial charge on any atom is 0.123 e. The maximum atomic E-state index is 13.2. The highest BCUT2D eigenvalue weighted by atomic mass is 19.1. The van der Waals surface area contributed by atoms with Gasteiger partial charge in [0.1, 0.15) is 11.7 Å². The average Bonchev–Trinajstić information content (AvgIpc) is 2.69. The van der Waals surface area contributed by atoms with E-state index in [1.54, 1.807) is 12.1 Å². The molecule has 1 aliphatic carbocycles. The van der Waals surface area contributed by atoms with Crippen molar-refractivity contribution in [2.24, 2.45) is 16.6 Å². The third-order valence-electron chi connectivity index (χ3n) is 3.53. The molecule has 2 aliphatic rings. The number of hydrogen-bond acceptors (Lipinski definition) is 2. The van der Waals surface area contributed by atoms with Gasteiger partial charge in [-0.15, -0.1) is 0 Å². The third kappa shape index (κ3) is 1.26. The van der Waals surface area contributed by atoms with Gasteiger partial charge in [-0.25, -0.2) is 9.38 Å². The highest BCUT2D eigenvalue weighted by Crippen LogP contribution is 2.46. The molecule has 0 unspecified atom stereocenters. The first-order valence-corrected chi connectivity index (χ1v) is 5.39. The van der Waals surface area contributed by atoms with Crippen molar-refractivity contribution in [3.63, 3.8) is 0 Å². The molecule has 3 rings (SSSR count). The second-order valence-electron chi connectivity index (χ2n) is 4.38. The van der Waals surface area contributed by atoms with E-state index in [1.165, 1.54) is 12.5 Å². The van der Waals surface area contributed by atoms with Crippen molar-refractivity contribution in [1.82, 2.24) is 0 Å². The number of rotatable bonds is 0. The fourth-order valence-electron chi connectivity index (χ4n) is 2.83. The van der Waals surface area contributed by atoms with Gasteiger partial charge in [-0.1, -0.05) is 6.42 Å². The van der Waals surface area contributed by atoms with Gasteiger partial charge in [0.25, 0.3) is 0 Å². The molecular weight excluding hydrogens is 191 g/mol. The normalized spacial score (nSPS) is 28.2. The van der Waals surface area contributed by atoms with Crippen LogP contribution in [0.2, 0.25) is 0 Å². The number of nitrogens with zero attached hydrogens (tertiary/aromatic N) is 1. The molecule has 1 heterocycles. The minimum absolute atomic E-state index is 0.171. The van der Waals surface area contributed by atoms with Gasteiger partial charge < -0.3 is 5.73 Å². The number of hydrogen-bond donors (Lipinski definition) is 1. The van der Waals surface area contributed by atoms with Gasteiger partial charge in [0.05, 0.1) is 5.69 Å². The molecule has 0 spiro atoms. The van der Waals surface area contributed by atoms with Crippen LogP contribution in [0.5, 0.6) is 0 Å². The first-order chi connectivity index (χ1) is 7.25. The molecule has 2 nitrogen and oxygen atoms in total. The molecule has 1 aromatic rings. The van der Waals surface area contributed by atoms with E-state index in [-0.39, 0.29) is 5.82 Å². The summed E-state index contributed by atoms with van der Waals surface area (Å²) in [7, 11) is 0. The summed E-state index contributed by atoms with van der Waals surface area (Å²) in [6.07, 6.45) is 3.37. The summed E-state index contributed by atoms with van der Waals surface area (Å²) in [6.45, 7) is 0. The minimum atomic E-state index is -0.171. The van der Waals surface area contributed by atoms with Gasteiger partial charge in [0.2, 0.25) is 0 Å². The Morgan fingerprint density at radius 3 is 2.93 bits per heavy atom. The summed E-state index contributed by atoms with van der Waals surface area (Å²) in [5, 5.41) is 0. The fourth-order valence-corrected chi connectivity index (χ4v) is 2.83. The number of benzene rings is 1. The van der Waals surface area contributed by atoms with Crippen LogP contribution in [0.15, 0.2) is 23.2 Å². The molecule has 2 N–H and O–H groups in total. The number of fused-ring (bicyclic) bond motifs is 3. The Balaban J connectivity index is 2.17. The molecule has 1 fully saturated rings. The molecule has 15 heavy (non-hydrogen) atoms. The van der Waals surface area contributed by atoms with E-state index in [0.717, 1.165) is 29.9 Å². The van der Waals surface area contributed by atoms with Crippen LogP contribution in [0.4, 0.5) is 10.1 Å². The Kier molecular flexibility index (Phi) is 1.81. The summed E-state index contributed by atoms with van der Waals surface area (Å²) in [5.74, 6) is 1.30. The molecule has 1 saturated carbocycles. The highest BCUT2D eigenvalue weighted by molar-refractivity contribution is 5.89. The molecule has 3 heteroatoms. The quantitative estimate of drug-likeness (QED) is 0.693. The van der Waals surface area contributed by atoms with E-state index < -0.39 is 0 Å². The van der Waals surface area contributed by atoms with Gasteiger partial charge in [-0.05, 0) is 42.5 Å². The fraction of sp³-hybridized carbons (Fsp3) is 0.417. The molecule has 2 atom stereocenters. The summed E-state index contributed by atoms with van der Waals surface area (Å²) < 4.78 is 13.2. The zero-order chi connectivity index (χ0) is 10.4. The van der Waals surface area contributed by atoms with Crippen LogP contribution in [0.3, 0.4) is 0 Å². The molecule has 0 amide bonds. The van der Waals surface area contributed by atoms with E-state index in [0.29, 0.717) is 11.8 Å². The molecule has 1 aliphatic heterocycles. The summed E-state index contributed by atoms with van der Waals surface area (Å²) in [6, 6.07) is 4.80. The average molecular weight is 204 g/mol. The molecular formula is C12H13FN2. The first-order valence-electron chi connectivity index (χ1n) is 5.39. The van der Waals surface area contributed by atoms with Crippen LogP contribution < -0.4 is 5.73 Å². The lowest BCUT2D eigenvalue weighted by atomic mass is 9.85. The number of aliphatic imine (C=N–C) groups is 1. The molecule has 0 bridgehead atoms. The van der Waals surface area contributed by atoms with E-state index >= 15 is 0 Å². The smallest absolute Gasteiger partial charge is 0.123 e. The molecule has 78 valence electrons. The summed E-state index contributed by atoms with van der Waals surface area (Å²) in [5.41, 5.74) is 7.84. The summed E-state index contributed by atoms with van der Waals surface area (Å²) >= 11 is 0. The van der Waals surface area contributed by atoms with Crippen LogP contribution in [0.1, 0.15) is 30.7 Å². The van der Waals surface area contributed by atoms with Gasteiger partial charge >= 0.3 is 0 Å². The zero-order valence-electron chi connectivity index (χ0n) is 8.41. The van der Waals surface area contributed by atoms with Gasteiger partial charge in [0, 0.05) is 5.92 Å². The predicted molar refractivity (Wildman–Crippen MR) is 57.8 cm³/mol. The second kappa shape index (κ2) is 3.05. The van der Waals surface area contributed by atoms with Crippen molar-refractivity contribution < 1.29 is 4.39 Å². The van der Waals surface area contributed by atoms with Gasteiger partial charge in [-0.2, -0.15) is 0 Å². The molecule has 1 aromatic carbocycles. The number of halogens is 1. The SMILES string of the molecule is NC1=Nc2ccc(F)cc2[C@H]2CCC[C@@H]12. The predicted octanol–water partition coefficient (Wildman–Crippen LogP) is 2.71. The topological polar surface area (TPSA) is 38.4 Å². The Morgan fingerprint density at radius 2 is 2.07 bits per heavy atom. The van der Waals surface area contributed by atoms with E-state index in [2.05, 4.69) is 4.99 Å². The van der Waals surface area contributed by atoms with Crippen LogP contribution >= 0.6 is 0 Å². The Bertz CT molecular complexity index is 439. The molecule has 0 radical (unpaired) electrons. The van der Waals surface area contributed by atoms with Crippen molar-refractivity contribution in [1.29, 1.82) is 0 Å². The Labute approximate surface area is 88.0 Å². The van der Waals surface area contributed by atoms with E-state index in [1.807, 2.05) is 0 Å². The van der Waals surface area contributed by atoms with Crippen molar-refractivity contribution in [2.75, 3.05) is 0 Å². The van der Waals surface area contributed by atoms with Crippen LogP contribution in [-0.2, 0) is 0 Å². The van der Waals surface area contributed by atoms with Crippen molar-refractivity contribution in [3.05, 3.63) is 29.6 Å². The van der Waals surface area contributed by atoms with Gasteiger partial charge in [0.15, 0.2) is 0 Å². The standard InChI is InChI=1S/C12H13FN2/c13-7-4-5-11-10(6-7)8-2-1-3-9(8)12(14)15-11/h4-6,8-9H,1-3H2,(H2,14,15)/t8-,9+/m0/s1. The van der Waals surface area contributed by atoms with Crippen LogP contribution in [0.25, 0.3) is 0 Å². The van der Waals surface area contributed by atoms with E-state index in [4.69, 9.17) is 5.73 Å². The minimum Gasteiger partial charge on any atom is -0.387 e. The third-order valence-corrected chi connectivity index (χ3v) is 3.53. The van der Waals surface area contributed by atoms with Crippen molar-refractivity contribution in [2.45, 2.75) is 25.2 Å². The van der Waals surface area contributed by atoms with Gasteiger partial charge in [-0.3, -0.25) is 0 Å². The maximum absolute atomic E-state index is 13.2. The second-order valence-corrected chi connectivity index (χ2v) is 4.38. The zero-order valence-corrected chi connectivity index (χ0v) is 8.41. The number of amidine groups is 1. The lowest BCUT2D eigenvalue weighted by Crippen LogP contribution is -2.28. The highest BCUT2D eigenvalue weighted by Gasteiger charge is 2.35. The molecule has 0 aromatic heterocycles. The van der Waals surface area contributed by atoms with Crippen LogP contribution in [0, 0.1) is 11.7 Å². The Hall–Kier alpha value is -1.38. The van der Waals surface area contributed by atoms with Crippen molar-refractivity contribution in [3.8, 4) is 0 Å². The lowest BCUT2D eigenvalue weighted by Gasteiger charge is -2.25. The molecule has 0 saturated heterocycles. The van der Waals surface area contributed by atoms with Crippen LogP contribution in [-0.4, -0.2) is 5.84 Å². The Morgan fingerprint density at radius 1 is 1.27 bits per heavy atom. The van der Waals surface area contributed by atoms with E-state index in [9.17, 15) is 4.39 Å².